The van der Waals surface area contributed by atoms with Gasteiger partial charge in [0.25, 0.3) is 0 Å². The summed E-state index contributed by atoms with van der Waals surface area (Å²) in [5.74, 6) is 0. The van der Waals surface area contributed by atoms with E-state index >= 15 is 0 Å². The molecule has 1 aliphatic heterocycles. The predicted molar refractivity (Wildman–Crippen MR) is 67.2 cm³/mol. The zero-order valence-electron chi connectivity index (χ0n) is 11.3. The lowest BCUT2D eigenvalue weighted by molar-refractivity contribution is 0.140. The van der Waals surface area contributed by atoms with Crippen LogP contribution >= 0.6 is 0 Å². The first-order chi connectivity index (χ1) is 6.74. The molecule has 2 nitrogen and oxygen atoms in total. The molecule has 1 rings (SSSR count). The van der Waals surface area contributed by atoms with E-state index in [0.29, 0.717) is 12.1 Å². The van der Waals surface area contributed by atoms with Crippen LogP contribution in [0.15, 0.2) is 0 Å². The molecule has 0 saturated carbocycles. The third-order valence-corrected chi connectivity index (χ3v) is 3.32. The average Bonchev–Trinajstić information content (AvgIpc) is 1.97. The van der Waals surface area contributed by atoms with Crippen molar-refractivity contribution in [2.24, 2.45) is 0 Å². The highest BCUT2D eigenvalue weighted by Crippen LogP contribution is 2.28. The molecule has 90 valence electrons. The smallest absolute Gasteiger partial charge is 0.0144 e. The number of hydrogen-bond acceptors (Lipinski definition) is 2. The highest BCUT2D eigenvalue weighted by atomic mass is 15.1. The highest BCUT2D eigenvalue weighted by Gasteiger charge is 2.37. The minimum absolute atomic E-state index is 0.257. The van der Waals surface area contributed by atoms with E-state index in [0.717, 1.165) is 0 Å². The van der Waals surface area contributed by atoms with Gasteiger partial charge in [-0.05, 0) is 53.9 Å². The lowest BCUT2D eigenvalue weighted by atomic mass is 9.79. The average molecular weight is 212 g/mol. The highest BCUT2D eigenvalue weighted by molar-refractivity contribution is 4.99. The van der Waals surface area contributed by atoms with Crippen LogP contribution in [0, 0.1) is 0 Å². The number of rotatable bonds is 3. The van der Waals surface area contributed by atoms with Crippen LogP contribution in [0.5, 0.6) is 0 Å². The van der Waals surface area contributed by atoms with Gasteiger partial charge in [0.1, 0.15) is 0 Å². The molecular weight excluding hydrogens is 184 g/mol. The quantitative estimate of drug-likeness (QED) is 0.751. The second kappa shape index (κ2) is 4.42. The first kappa shape index (κ1) is 13.0. The van der Waals surface area contributed by atoms with Crippen LogP contribution in [-0.2, 0) is 0 Å². The number of hydrogen-bond donors (Lipinski definition) is 2. The lowest BCUT2D eigenvalue weighted by Crippen LogP contribution is -2.62. The molecule has 0 spiro atoms. The molecule has 0 aromatic rings. The van der Waals surface area contributed by atoms with Gasteiger partial charge in [0.2, 0.25) is 0 Å². The van der Waals surface area contributed by atoms with Crippen molar-refractivity contribution in [3.05, 3.63) is 0 Å². The van der Waals surface area contributed by atoms with E-state index in [4.69, 9.17) is 0 Å². The van der Waals surface area contributed by atoms with Gasteiger partial charge in [-0.15, -0.1) is 0 Å². The topological polar surface area (TPSA) is 24.1 Å². The molecule has 1 heterocycles. The first-order valence-corrected chi connectivity index (χ1v) is 6.29. The fourth-order valence-electron chi connectivity index (χ4n) is 2.96. The maximum Gasteiger partial charge on any atom is 0.0144 e. The minimum atomic E-state index is 0.257. The van der Waals surface area contributed by atoms with Gasteiger partial charge in [-0.25, -0.2) is 0 Å². The fraction of sp³-hybridized carbons (Fsp3) is 1.00. The summed E-state index contributed by atoms with van der Waals surface area (Å²) in [6, 6.07) is 1.30. The molecule has 0 radical (unpaired) electrons. The van der Waals surface area contributed by atoms with Crippen LogP contribution in [0.25, 0.3) is 0 Å². The maximum atomic E-state index is 3.74. The van der Waals surface area contributed by atoms with Crippen LogP contribution in [0.2, 0.25) is 0 Å². The van der Waals surface area contributed by atoms with Crippen LogP contribution in [0.4, 0.5) is 0 Å². The Labute approximate surface area is 95.2 Å². The van der Waals surface area contributed by atoms with Crippen molar-refractivity contribution in [3.63, 3.8) is 0 Å². The zero-order valence-corrected chi connectivity index (χ0v) is 11.3. The molecule has 0 aromatic heterocycles. The molecule has 15 heavy (non-hydrogen) atoms. The Kier molecular flexibility index (Phi) is 3.83. The molecule has 2 heteroatoms. The summed E-state index contributed by atoms with van der Waals surface area (Å²) in [5.41, 5.74) is 0.514. The van der Waals surface area contributed by atoms with Gasteiger partial charge in [0.05, 0.1) is 0 Å². The molecule has 0 unspecified atom stereocenters. The van der Waals surface area contributed by atoms with Crippen molar-refractivity contribution in [1.29, 1.82) is 0 Å². The summed E-state index contributed by atoms with van der Waals surface area (Å²) in [6.45, 7) is 13.7. The Bertz CT molecular complexity index is 193. The Morgan fingerprint density at radius 1 is 1.20 bits per heavy atom. The Morgan fingerprint density at radius 2 is 1.67 bits per heavy atom. The van der Waals surface area contributed by atoms with Crippen molar-refractivity contribution in [2.45, 2.75) is 84.0 Å². The third kappa shape index (κ3) is 4.12. The van der Waals surface area contributed by atoms with Crippen LogP contribution in [0.3, 0.4) is 0 Å². The second-order valence-corrected chi connectivity index (χ2v) is 6.47. The summed E-state index contributed by atoms with van der Waals surface area (Å²) in [5, 5.41) is 7.45. The van der Waals surface area contributed by atoms with Crippen molar-refractivity contribution >= 4 is 0 Å². The van der Waals surface area contributed by atoms with Gasteiger partial charge in [-0.2, -0.15) is 0 Å². The number of nitrogens with one attached hydrogen (secondary N) is 2. The Balaban J connectivity index is 2.59. The van der Waals surface area contributed by atoms with E-state index in [1.807, 2.05) is 0 Å². The summed E-state index contributed by atoms with van der Waals surface area (Å²) in [4.78, 5) is 0. The van der Waals surface area contributed by atoms with Gasteiger partial charge in [-0.3, -0.25) is 0 Å². The molecular formula is C13H28N2. The largest absolute Gasteiger partial charge is 0.311 e. The van der Waals surface area contributed by atoms with E-state index < -0.39 is 0 Å². The lowest BCUT2D eigenvalue weighted by Gasteiger charge is -2.47. The first-order valence-electron chi connectivity index (χ1n) is 6.29. The molecule has 0 amide bonds. The normalized spacial score (nSPS) is 27.6. The van der Waals surface area contributed by atoms with Crippen LogP contribution in [-0.4, -0.2) is 23.2 Å². The molecule has 1 aliphatic rings. The summed E-state index contributed by atoms with van der Waals surface area (Å²) in [7, 11) is 0. The Morgan fingerprint density at radius 3 is 2.07 bits per heavy atom. The van der Waals surface area contributed by atoms with Crippen LogP contribution < -0.4 is 10.6 Å². The van der Waals surface area contributed by atoms with E-state index in [1.54, 1.807) is 0 Å². The molecule has 0 aromatic carbocycles. The zero-order chi connectivity index (χ0) is 11.7. The second-order valence-electron chi connectivity index (χ2n) is 6.47. The maximum absolute atomic E-state index is 3.74. The molecule has 1 atom stereocenters. The van der Waals surface area contributed by atoms with Gasteiger partial charge < -0.3 is 10.6 Å². The van der Waals surface area contributed by atoms with E-state index in [1.165, 1.54) is 19.3 Å². The van der Waals surface area contributed by atoms with Crippen molar-refractivity contribution in [2.75, 3.05) is 0 Å². The summed E-state index contributed by atoms with van der Waals surface area (Å²) < 4.78 is 0. The predicted octanol–water partition coefficient (Wildman–Crippen LogP) is 2.68. The van der Waals surface area contributed by atoms with E-state index in [9.17, 15) is 0 Å². The van der Waals surface area contributed by atoms with Gasteiger partial charge in [0.15, 0.2) is 0 Å². The fourth-order valence-corrected chi connectivity index (χ4v) is 2.96. The van der Waals surface area contributed by atoms with Crippen molar-refractivity contribution in [3.8, 4) is 0 Å². The molecule has 1 saturated heterocycles. The summed E-state index contributed by atoms with van der Waals surface area (Å²) >= 11 is 0. The Hall–Kier alpha value is -0.0800. The molecule has 0 aliphatic carbocycles. The van der Waals surface area contributed by atoms with Gasteiger partial charge >= 0.3 is 0 Å². The van der Waals surface area contributed by atoms with E-state index in [-0.39, 0.29) is 11.1 Å². The monoisotopic (exact) mass is 212 g/mol. The molecule has 0 bridgehead atoms. The molecule has 1 fully saturated rings. The third-order valence-electron chi connectivity index (χ3n) is 3.32. The van der Waals surface area contributed by atoms with Gasteiger partial charge in [0, 0.05) is 23.2 Å². The minimum Gasteiger partial charge on any atom is -0.311 e. The van der Waals surface area contributed by atoms with E-state index in [2.05, 4.69) is 52.2 Å². The summed E-state index contributed by atoms with van der Waals surface area (Å²) in [6.07, 6.45) is 3.66. The van der Waals surface area contributed by atoms with Crippen molar-refractivity contribution < 1.29 is 0 Å². The van der Waals surface area contributed by atoms with Gasteiger partial charge in [-0.1, -0.05) is 6.92 Å². The standard InChI is InChI=1S/C13H28N2/c1-7-10(2)14-11-8-12(3,4)15-13(5,6)9-11/h10-11,14-15H,7-9H2,1-6H3/t10-/m1/s1. The van der Waals surface area contributed by atoms with Crippen molar-refractivity contribution in [1.82, 2.24) is 10.6 Å². The SMILES string of the molecule is CC[C@@H](C)NC1CC(C)(C)NC(C)(C)C1. The molecule has 2 N–H and O–H groups in total. The number of piperidine rings is 1. The van der Waals surface area contributed by atoms with Crippen LogP contribution in [0.1, 0.15) is 60.8 Å².